The van der Waals surface area contributed by atoms with Crippen LogP contribution in [0.5, 0.6) is 0 Å². The minimum atomic E-state index is -0.354. The number of rotatable bonds is 1. The summed E-state index contributed by atoms with van der Waals surface area (Å²) in [6, 6.07) is 5.26. The van der Waals surface area contributed by atoms with Crippen molar-refractivity contribution >= 4 is 32.5 Å². The Labute approximate surface area is 117 Å². The van der Waals surface area contributed by atoms with Crippen LogP contribution in [0.2, 0.25) is 0 Å². The zero-order valence-corrected chi connectivity index (χ0v) is 11.4. The van der Waals surface area contributed by atoms with Crippen LogP contribution in [0.15, 0.2) is 36.0 Å². The van der Waals surface area contributed by atoms with E-state index in [4.69, 9.17) is 0 Å². The average Bonchev–Trinajstić information content (AvgIpc) is 3.03. The first-order chi connectivity index (χ1) is 9.70. The Hall–Kier alpha value is -2.34. The highest BCUT2D eigenvalue weighted by atomic mass is 32.1. The summed E-state index contributed by atoms with van der Waals surface area (Å²) < 4.78 is 15.7. The number of halogens is 1. The van der Waals surface area contributed by atoms with E-state index in [1.807, 2.05) is 17.5 Å². The van der Waals surface area contributed by atoms with E-state index in [-0.39, 0.29) is 5.82 Å². The first kappa shape index (κ1) is 11.5. The molecule has 1 aromatic carbocycles. The van der Waals surface area contributed by atoms with Gasteiger partial charge < -0.3 is 0 Å². The standard InChI is InChI=1S/C14H9FN4S/c1-19-7-10-4-9(5-11(15)12(10)18-19)13-16-6-8-2-3-20-14(8)17-13/h2-7H,1H3. The quantitative estimate of drug-likeness (QED) is 0.538. The maximum atomic E-state index is 14.1. The Morgan fingerprint density at radius 1 is 1.25 bits per heavy atom. The highest BCUT2D eigenvalue weighted by Crippen LogP contribution is 2.26. The second-order valence-corrected chi connectivity index (χ2v) is 5.47. The second-order valence-electron chi connectivity index (χ2n) is 4.57. The molecule has 0 N–H and O–H groups in total. The van der Waals surface area contributed by atoms with Crippen molar-refractivity contribution in [3.8, 4) is 11.4 Å². The number of nitrogens with zero attached hydrogens (tertiary/aromatic N) is 4. The van der Waals surface area contributed by atoms with E-state index in [1.165, 1.54) is 6.07 Å². The lowest BCUT2D eigenvalue weighted by Crippen LogP contribution is -1.90. The Morgan fingerprint density at radius 3 is 3.05 bits per heavy atom. The summed E-state index contributed by atoms with van der Waals surface area (Å²) in [6.45, 7) is 0. The molecule has 0 fully saturated rings. The monoisotopic (exact) mass is 284 g/mol. The number of thiophene rings is 1. The van der Waals surface area contributed by atoms with Gasteiger partial charge in [0.2, 0.25) is 0 Å². The Kier molecular flexibility index (Phi) is 2.34. The van der Waals surface area contributed by atoms with Gasteiger partial charge in [-0.3, -0.25) is 4.68 Å². The van der Waals surface area contributed by atoms with Crippen molar-refractivity contribution in [3.63, 3.8) is 0 Å². The number of aryl methyl sites for hydroxylation is 1. The number of benzene rings is 1. The molecule has 98 valence electrons. The average molecular weight is 284 g/mol. The van der Waals surface area contributed by atoms with Crippen LogP contribution < -0.4 is 0 Å². The van der Waals surface area contributed by atoms with E-state index in [2.05, 4.69) is 15.1 Å². The van der Waals surface area contributed by atoms with Crippen LogP contribution >= 0.6 is 11.3 Å². The first-order valence-corrected chi connectivity index (χ1v) is 6.92. The summed E-state index contributed by atoms with van der Waals surface area (Å²) in [5, 5.41) is 7.81. The number of aromatic nitrogens is 4. The third-order valence-corrected chi connectivity index (χ3v) is 3.96. The van der Waals surface area contributed by atoms with Gasteiger partial charge in [-0.15, -0.1) is 11.3 Å². The molecule has 0 aliphatic rings. The predicted octanol–water partition coefficient (Wildman–Crippen LogP) is 3.38. The van der Waals surface area contributed by atoms with E-state index in [0.29, 0.717) is 16.9 Å². The Morgan fingerprint density at radius 2 is 2.15 bits per heavy atom. The van der Waals surface area contributed by atoms with Gasteiger partial charge in [0, 0.05) is 35.8 Å². The lowest BCUT2D eigenvalue weighted by atomic mass is 10.1. The molecule has 0 unspecified atom stereocenters. The highest BCUT2D eigenvalue weighted by Gasteiger charge is 2.11. The molecule has 3 heterocycles. The van der Waals surface area contributed by atoms with Gasteiger partial charge in [0.25, 0.3) is 0 Å². The van der Waals surface area contributed by atoms with Gasteiger partial charge >= 0.3 is 0 Å². The third-order valence-electron chi connectivity index (χ3n) is 3.14. The van der Waals surface area contributed by atoms with Gasteiger partial charge in [0.15, 0.2) is 11.6 Å². The van der Waals surface area contributed by atoms with E-state index in [9.17, 15) is 4.39 Å². The molecule has 0 saturated carbocycles. The molecule has 0 spiro atoms. The van der Waals surface area contributed by atoms with Gasteiger partial charge in [0.05, 0.1) is 0 Å². The fourth-order valence-electron chi connectivity index (χ4n) is 2.24. The van der Waals surface area contributed by atoms with Crippen molar-refractivity contribution in [2.45, 2.75) is 0 Å². The predicted molar refractivity (Wildman–Crippen MR) is 77.1 cm³/mol. The zero-order valence-electron chi connectivity index (χ0n) is 10.5. The smallest absolute Gasteiger partial charge is 0.160 e. The molecule has 0 radical (unpaired) electrons. The minimum Gasteiger partial charge on any atom is -0.274 e. The normalized spacial score (nSPS) is 11.5. The molecule has 4 aromatic rings. The Bertz CT molecular complexity index is 941. The molecule has 6 heteroatoms. The van der Waals surface area contributed by atoms with Crippen molar-refractivity contribution in [3.05, 3.63) is 41.8 Å². The Balaban J connectivity index is 1.96. The summed E-state index contributed by atoms with van der Waals surface area (Å²) in [5.74, 6) is 0.178. The molecule has 20 heavy (non-hydrogen) atoms. The van der Waals surface area contributed by atoms with Crippen LogP contribution in [0.1, 0.15) is 0 Å². The second kappa shape index (κ2) is 4.08. The fourth-order valence-corrected chi connectivity index (χ4v) is 2.98. The van der Waals surface area contributed by atoms with Crippen LogP contribution in [0.3, 0.4) is 0 Å². The van der Waals surface area contributed by atoms with Gasteiger partial charge in [-0.1, -0.05) is 0 Å². The largest absolute Gasteiger partial charge is 0.274 e. The number of hydrogen-bond acceptors (Lipinski definition) is 4. The molecule has 0 bridgehead atoms. The number of fused-ring (bicyclic) bond motifs is 2. The summed E-state index contributed by atoms with van der Waals surface area (Å²) in [4.78, 5) is 9.68. The van der Waals surface area contributed by atoms with Gasteiger partial charge in [-0.05, 0) is 23.6 Å². The molecule has 3 aromatic heterocycles. The first-order valence-electron chi connectivity index (χ1n) is 6.04. The maximum Gasteiger partial charge on any atom is 0.160 e. The molecule has 0 amide bonds. The van der Waals surface area contributed by atoms with Gasteiger partial charge in [-0.25, -0.2) is 14.4 Å². The highest BCUT2D eigenvalue weighted by molar-refractivity contribution is 7.16. The summed E-state index contributed by atoms with van der Waals surface area (Å²) >= 11 is 1.55. The number of hydrogen-bond donors (Lipinski definition) is 0. The molecule has 0 saturated heterocycles. The third kappa shape index (κ3) is 1.69. The van der Waals surface area contributed by atoms with Crippen molar-refractivity contribution in [1.29, 1.82) is 0 Å². The van der Waals surface area contributed by atoms with Crippen molar-refractivity contribution in [2.75, 3.05) is 0 Å². The molecule has 0 aliphatic heterocycles. The van der Waals surface area contributed by atoms with Crippen LogP contribution in [0, 0.1) is 5.82 Å². The maximum absolute atomic E-state index is 14.1. The lowest BCUT2D eigenvalue weighted by molar-refractivity contribution is 0.632. The molecule has 4 nitrogen and oxygen atoms in total. The van der Waals surface area contributed by atoms with Gasteiger partial charge in [0.1, 0.15) is 10.3 Å². The zero-order chi connectivity index (χ0) is 13.7. The summed E-state index contributed by atoms with van der Waals surface area (Å²) in [5.41, 5.74) is 1.03. The van der Waals surface area contributed by atoms with E-state index < -0.39 is 0 Å². The van der Waals surface area contributed by atoms with Crippen molar-refractivity contribution < 1.29 is 4.39 Å². The van der Waals surface area contributed by atoms with E-state index >= 15 is 0 Å². The molecule has 4 rings (SSSR count). The molecule has 0 atom stereocenters. The van der Waals surface area contributed by atoms with Gasteiger partial charge in [-0.2, -0.15) is 5.10 Å². The summed E-state index contributed by atoms with van der Waals surface area (Å²) in [6.07, 6.45) is 3.55. The van der Waals surface area contributed by atoms with Crippen molar-refractivity contribution in [2.24, 2.45) is 7.05 Å². The fraction of sp³-hybridized carbons (Fsp3) is 0.0714. The van der Waals surface area contributed by atoms with Crippen LogP contribution in [0.4, 0.5) is 4.39 Å². The van der Waals surface area contributed by atoms with E-state index in [0.717, 1.165) is 15.6 Å². The minimum absolute atomic E-state index is 0.354. The lowest BCUT2D eigenvalue weighted by Gasteiger charge is -2.01. The SMILES string of the molecule is Cn1cc2cc(-c3ncc4ccsc4n3)cc(F)c2n1. The van der Waals surface area contributed by atoms with Crippen LogP contribution in [0.25, 0.3) is 32.5 Å². The van der Waals surface area contributed by atoms with Crippen LogP contribution in [-0.2, 0) is 7.05 Å². The molecular formula is C14H9FN4S. The molecule has 0 aliphatic carbocycles. The molecular weight excluding hydrogens is 275 g/mol. The van der Waals surface area contributed by atoms with Crippen LogP contribution in [-0.4, -0.2) is 19.7 Å². The van der Waals surface area contributed by atoms with Crippen molar-refractivity contribution in [1.82, 2.24) is 19.7 Å². The van der Waals surface area contributed by atoms with E-state index in [1.54, 1.807) is 35.5 Å². The summed E-state index contributed by atoms with van der Waals surface area (Å²) in [7, 11) is 1.77. The topological polar surface area (TPSA) is 43.6 Å².